The zero-order chi connectivity index (χ0) is 24.3. The highest BCUT2D eigenvalue weighted by Crippen LogP contribution is 2.31. The van der Waals surface area contributed by atoms with E-state index in [1.807, 2.05) is 0 Å². The highest BCUT2D eigenvalue weighted by atomic mass is 19.4. The van der Waals surface area contributed by atoms with Gasteiger partial charge in [0.25, 0.3) is 5.91 Å². The fraction of sp³-hybridized carbons (Fsp3) is 0.125. The second-order valence-electron chi connectivity index (χ2n) is 7.23. The van der Waals surface area contributed by atoms with Crippen LogP contribution in [-0.2, 0) is 12.7 Å². The van der Waals surface area contributed by atoms with E-state index in [2.05, 4.69) is 10.1 Å². The largest absolute Gasteiger partial charge is 0.493 e. The Morgan fingerprint density at radius 3 is 2.47 bits per heavy atom. The summed E-state index contributed by atoms with van der Waals surface area (Å²) in [6.07, 6.45) is -1.63. The number of alkyl halides is 3. The van der Waals surface area contributed by atoms with Gasteiger partial charge in [0.05, 0.1) is 36.8 Å². The average molecular weight is 470 g/mol. The van der Waals surface area contributed by atoms with Gasteiger partial charge >= 0.3 is 6.18 Å². The van der Waals surface area contributed by atoms with Crippen molar-refractivity contribution in [2.24, 2.45) is 0 Å². The summed E-state index contributed by atoms with van der Waals surface area (Å²) in [5.74, 6) is -1.00. The first kappa shape index (κ1) is 23.0. The first-order valence-electron chi connectivity index (χ1n) is 10.0. The summed E-state index contributed by atoms with van der Waals surface area (Å²) < 4.78 is 59.4. The second-order valence-corrected chi connectivity index (χ2v) is 7.23. The first-order valence-corrected chi connectivity index (χ1v) is 10.0. The number of anilines is 1. The van der Waals surface area contributed by atoms with E-state index in [0.717, 1.165) is 16.8 Å². The number of rotatable bonds is 6. The quantitative estimate of drug-likeness (QED) is 0.360. The normalized spacial score (nSPS) is 11.3. The van der Waals surface area contributed by atoms with E-state index in [1.54, 1.807) is 24.4 Å². The summed E-state index contributed by atoms with van der Waals surface area (Å²) in [6, 6.07) is 15.1. The number of halogens is 4. The Kier molecular flexibility index (Phi) is 6.31. The number of pyridine rings is 1. The molecule has 2 heterocycles. The fourth-order valence-electron chi connectivity index (χ4n) is 3.30. The first-order chi connectivity index (χ1) is 16.3. The highest BCUT2D eigenvalue weighted by molar-refractivity contribution is 6.06. The van der Waals surface area contributed by atoms with Crippen LogP contribution in [0, 0.1) is 5.82 Å². The molecule has 4 aromatic rings. The number of benzene rings is 2. The van der Waals surface area contributed by atoms with E-state index >= 15 is 0 Å². The van der Waals surface area contributed by atoms with Crippen LogP contribution in [0.25, 0.3) is 5.69 Å². The Labute approximate surface area is 192 Å². The lowest BCUT2D eigenvalue weighted by atomic mass is 10.2. The summed E-state index contributed by atoms with van der Waals surface area (Å²) in [5, 5.41) is 4.22. The Morgan fingerprint density at radius 2 is 1.82 bits per heavy atom. The molecule has 0 N–H and O–H groups in total. The van der Waals surface area contributed by atoms with Crippen LogP contribution in [0.2, 0.25) is 0 Å². The number of carbonyl (C=O) groups excluding carboxylic acids is 1. The van der Waals surface area contributed by atoms with Gasteiger partial charge in [-0.05, 0) is 54.6 Å². The summed E-state index contributed by atoms with van der Waals surface area (Å²) in [6.45, 7) is 0.0465. The molecule has 2 aromatic carbocycles. The van der Waals surface area contributed by atoms with Gasteiger partial charge in [-0.3, -0.25) is 9.78 Å². The Bertz CT molecular complexity index is 1290. The zero-order valence-corrected chi connectivity index (χ0v) is 17.8. The van der Waals surface area contributed by atoms with Crippen molar-refractivity contribution in [3.05, 3.63) is 102 Å². The van der Waals surface area contributed by atoms with Crippen molar-refractivity contribution in [3.63, 3.8) is 0 Å². The van der Waals surface area contributed by atoms with Crippen LogP contribution >= 0.6 is 0 Å². The number of nitrogens with zero attached hydrogens (tertiary/aromatic N) is 4. The average Bonchev–Trinajstić information content (AvgIpc) is 3.28. The van der Waals surface area contributed by atoms with Crippen LogP contribution in [0.4, 0.5) is 23.2 Å². The van der Waals surface area contributed by atoms with Crippen molar-refractivity contribution in [3.8, 4) is 11.4 Å². The summed E-state index contributed by atoms with van der Waals surface area (Å²) in [4.78, 5) is 19.1. The van der Waals surface area contributed by atoms with E-state index in [4.69, 9.17) is 4.74 Å². The third-order valence-corrected chi connectivity index (χ3v) is 4.97. The molecule has 174 valence electrons. The highest BCUT2D eigenvalue weighted by Gasteiger charge is 2.31. The van der Waals surface area contributed by atoms with Gasteiger partial charge in [-0.2, -0.15) is 18.3 Å². The van der Waals surface area contributed by atoms with Crippen LogP contribution < -0.4 is 9.64 Å². The van der Waals surface area contributed by atoms with E-state index in [0.29, 0.717) is 11.4 Å². The molecule has 0 fully saturated rings. The Balaban J connectivity index is 1.74. The van der Waals surface area contributed by atoms with Gasteiger partial charge in [0.15, 0.2) is 11.4 Å². The topological polar surface area (TPSA) is 60.3 Å². The number of aromatic nitrogens is 3. The van der Waals surface area contributed by atoms with Crippen LogP contribution in [0.5, 0.6) is 5.75 Å². The zero-order valence-electron chi connectivity index (χ0n) is 17.8. The van der Waals surface area contributed by atoms with E-state index < -0.39 is 23.5 Å². The Hall–Kier alpha value is -4.21. The maximum Gasteiger partial charge on any atom is 0.416 e. The summed E-state index contributed by atoms with van der Waals surface area (Å²) in [5.41, 5.74) is 0.0741. The third-order valence-electron chi connectivity index (χ3n) is 4.97. The number of methoxy groups -OCH3 is 1. The minimum absolute atomic E-state index is 0.0465. The maximum atomic E-state index is 13.6. The van der Waals surface area contributed by atoms with E-state index in [9.17, 15) is 22.4 Å². The van der Waals surface area contributed by atoms with Crippen LogP contribution in [0.1, 0.15) is 21.7 Å². The van der Waals surface area contributed by atoms with Crippen molar-refractivity contribution >= 4 is 11.6 Å². The van der Waals surface area contributed by atoms with E-state index in [-0.39, 0.29) is 23.7 Å². The smallest absolute Gasteiger partial charge is 0.416 e. The molecule has 0 bridgehead atoms. The number of ether oxygens (including phenoxy) is 1. The maximum absolute atomic E-state index is 13.6. The third kappa shape index (κ3) is 4.90. The van der Waals surface area contributed by atoms with Gasteiger partial charge in [-0.1, -0.05) is 12.1 Å². The Morgan fingerprint density at radius 1 is 1.06 bits per heavy atom. The number of amides is 1. The van der Waals surface area contributed by atoms with Gasteiger partial charge in [0.2, 0.25) is 0 Å². The molecule has 6 nitrogen and oxygen atoms in total. The molecule has 34 heavy (non-hydrogen) atoms. The van der Waals surface area contributed by atoms with Crippen LogP contribution in [-0.4, -0.2) is 27.8 Å². The number of carbonyl (C=O) groups is 1. The molecule has 0 aliphatic carbocycles. The molecular weight excluding hydrogens is 452 g/mol. The predicted octanol–water partition coefficient (Wildman–Crippen LogP) is 5.28. The van der Waals surface area contributed by atoms with Gasteiger partial charge in [0.1, 0.15) is 5.82 Å². The van der Waals surface area contributed by atoms with Gasteiger partial charge in [0, 0.05) is 11.9 Å². The standard InChI is InChI=1S/C24H18F4N4O2/c1-34-21-15-32(20-7-4-5-16(13-20)24(26,27)28)30-22(21)23(33)31(14-18-6-2-3-12-29-18)19-10-8-17(25)9-11-19/h2-13,15H,14H2,1H3. The molecule has 0 radical (unpaired) electrons. The molecule has 4 rings (SSSR count). The lowest BCUT2D eigenvalue weighted by molar-refractivity contribution is -0.137. The molecule has 2 aromatic heterocycles. The molecule has 0 spiro atoms. The molecule has 10 heteroatoms. The molecule has 1 amide bonds. The minimum atomic E-state index is -4.53. The monoisotopic (exact) mass is 470 g/mol. The van der Waals surface area contributed by atoms with E-state index in [1.165, 1.54) is 54.6 Å². The molecule has 0 aliphatic rings. The minimum Gasteiger partial charge on any atom is -0.493 e. The lowest BCUT2D eigenvalue weighted by Gasteiger charge is -2.22. The van der Waals surface area contributed by atoms with Crippen LogP contribution in [0.3, 0.4) is 0 Å². The van der Waals surface area contributed by atoms with Crippen molar-refractivity contribution < 1.29 is 27.1 Å². The lowest BCUT2D eigenvalue weighted by Crippen LogP contribution is -2.31. The van der Waals surface area contributed by atoms with Crippen LogP contribution in [0.15, 0.2) is 79.1 Å². The summed E-state index contributed by atoms with van der Waals surface area (Å²) >= 11 is 0. The molecule has 0 saturated heterocycles. The van der Waals surface area contributed by atoms with Crippen molar-refractivity contribution in [1.82, 2.24) is 14.8 Å². The predicted molar refractivity (Wildman–Crippen MR) is 116 cm³/mol. The number of hydrogen-bond donors (Lipinski definition) is 0. The molecular formula is C24H18F4N4O2. The fourth-order valence-corrected chi connectivity index (χ4v) is 3.30. The SMILES string of the molecule is COc1cn(-c2cccc(C(F)(F)F)c2)nc1C(=O)N(Cc1ccccn1)c1ccc(F)cc1. The van der Waals surface area contributed by atoms with Gasteiger partial charge in [-0.15, -0.1) is 0 Å². The number of hydrogen-bond acceptors (Lipinski definition) is 4. The molecule has 0 unspecified atom stereocenters. The molecule has 0 atom stereocenters. The van der Waals surface area contributed by atoms with Crippen molar-refractivity contribution in [1.29, 1.82) is 0 Å². The van der Waals surface area contributed by atoms with Gasteiger partial charge in [-0.25, -0.2) is 9.07 Å². The van der Waals surface area contributed by atoms with Crippen molar-refractivity contribution in [2.75, 3.05) is 12.0 Å². The molecule has 0 saturated carbocycles. The van der Waals surface area contributed by atoms with Crippen molar-refractivity contribution in [2.45, 2.75) is 12.7 Å². The second kappa shape index (κ2) is 9.34. The van der Waals surface area contributed by atoms with Gasteiger partial charge < -0.3 is 9.64 Å². The summed E-state index contributed by atoms with van der Waals surface area (Å²) in [7, 11) is 1.32. The molecule has 0 aliphatic heterocycles.